The Morgan fingerprint density at radius 3 is 2.73 bits per heavy atom. The minimum atomic E-state index is -0.461. The third-order valence-corrected chi connectivity index (χ3v) is 6.56. The van der Waals surface area contributed by atoms with Gasteiger partial charge < -0.3 is 15.5 Å². The van der Waals surface area contributed by atoms with E-state index in [-0.39, 0.29) is 11.9 Å². The number of aryl methyl sites for hydroxylation is 1. The Morgan fingerprint density at radius 2 is 2.00 bits per heavy atom. The van der Waals surface area contributed by atoms with Gasteiger partial charge in [-0.25, -0.2) is 4.68 Å². The number of halogens is 1. The van der Waals surface area contributed by atoms with Gasteiger partial charge in [0.25, 0.3) is 0 Å². The molecule has 2 aromatic carbocycles. The first-order valence-corrected chi connectivity index (χ1v) is 10.9. The average Bonchev–Trinajstić information content (AvgIpc) is 3.11. The molecule has 4 rings (SSSR count). The second-order valence-corrected chi connectivity index (χ2v) is 8.43. The van der Waals surface area contributed by atoms with Gasteiger partial charge in [-0.05, 0) is 56.2 Å². The summed E-state index contributed by atoms with van der Waals surface area (Å²) in [5.41, 5.74) is 5.89. The number of nitrogens with one attached hydrogen (secondary N) is 2. The molecule has 1 aliphatic heterocycles. The van der Waals surface area contributed by atoms with Crippen molar-refractivity contribution in [1.29, 1.82) is 0 Å². The summed E-state index contributed by atoms with van der Waals surface area (Å²) in [4.78, 5) is 13.3. The highest BCUT2D eigenvalue weighted by Gasteiger charge is 2.37. The first-order chi connectivity index (χ1) is 14.5. The zero-order valence-electron chi connectivity index (χ0n) is 16.8. The van der Waals surface area contributed by atoms with Gasteiger partial charge in [-0.3, -0.25) is 4.79 Å². The molecule has 1 aromatic heterocycles. The second-order valence-electron chi connectivity index (χ2n) is 6.91. The summed E-state index contributed by atoms with van der Waals surface area (Å²) in [7, 11) is 0. The number of benzene rings is 2. The van der Waals surface area contributed by atoms with Crippen LogP contribution in [0, 0.1) is 13.8 Å². The number of thioether (sulfide) groups is 1. The van der Waals surface area contributed by atoms with Crippen LogP contribution in [-0.2, 0) is 4.79 Å². The van der Waals surface area contributed by atoms with E-state index in [2.05, 4.69) is 20.9 Å². The Hall–Kier alpha value is -2.71. The molecular formula is C21H22ClN5O2S. The molecule has 2 N–H and O–H groups in total. The van der Waals surface area contributed by atoms with Crippen LogP contribution in [0.2, 0.25) is 5.02 Å². The van der Waals surface area contributed by atoms with E-state index in [1.807, 2.05) is 61.8 Å². The predicted molar refractivity (Wildman–Crippen MR) is 119 cm³/mol. The third-order valence-electron chi connectivity index (χ3n) is 4.93. The minimum Gasteiger partial charge on any atom is -0.494 e. The van der Waals surface area contributed by atoms with Crippen molar-refractivity contribution in [2.75, 3.05) is 17.3 Å². The van der Waals surface area contributed by atoms with E-state index in [1.165, 1.54) is 11.8 Å². The number of nitrogens with zero attached hydrogens (tertiary/aromatic N) is 3. The number of fused-ring (bicyclic) bond motifs is 1. The molecule has 2 atom stereocenters. The van der Waals surface area contributed by atoms with Crippen LogP contribution in [-0.4, -0.2) is 32.6 Å². The lowest BCUT2D eigenvalue weighted by atomic mass is 10.0. The molecule has 0 fully saturated rings. The maximum absolute atomic E-state index is 13.3. The van der Waals surface area contributed by atoms with Crippen molar-refractivity contribution in [3.8, 4) is 5.75 Å². The highest BCUT2D eigenvalue weighted by Crippen LogP contribution is 2.38. The zero-order valence-corrected chi connectivity index (χ0v) is 18.4. The van der Waals surface area contributed by atoms with E-state index in [9.17, 15) is 4.79 Å². The van der Waals surface area contributed by atoms with Gasteiger partial charge in [0.2, 0.25) is 11.1 Å². The molecule has 0 saturated carbocycles. The van der Waals surface area contributed by atoms with Crippen LogP contribution < -0.4 is 15.5 Å². The molecule has 0 spiro atoms. The van der Waals surface area contributed by atoms with Crippen molar-refractivity contribution in [2.45, 2.75) is 37.2 Å². The Kier molecular flexibility index (Phi) is 5.87. The Labute approximate surface area is 184 Å². The average molecular weight is 444 g/mol. The van der Waals surface area contributed by atoms with Crippen LogP contribution >= 0.6 is 23.4 Å². The van der Waals surface area contributed by atoms with Crippen LogP contribution in [0.4, 0.5) is 5.69 Å². The molecule has 2 heterocycles. The fourth-order valence-corrected chi connectivity index (χ4v) is 4.60. The van der Waals surface area contributed by atoms with Crippen molar-refractivity contribution in [3.05, 3.63) is 64.4 Å². The summed E-state index contributed by atoms with van der Waals surface area (Å²) in [5.74, 6) is 1.39. The summed E-state index contributed by atoms with van der Waals surface area (Å²) in [6, 6.07) is 13.0. The van der Waals surface area contributed by atoms with E-state index in [1.54, 1.807) is 6.07 Å². The monoisotopic (exact) mass is 443 g/mol. The molecule has 0 saturated heterocycles. The summed E-state index contributed by atoms with van der Waals surface area (Å²) >= 11 is 7.60. The number of anilines is 1. The number of rotatable bonds is 5. The largest absolute Gasteiger partial charge is 0.494 e. The Bertz CT molecular complexity index is 1070. The quantitative estimate of drug-likeness (QED) is 0.610. The first kappa shape index (κ1) is 20.6. The van der Waals surface area contributed by atoms with Crippen molar-refractivity contribution in [3.63, 3.8) is 0 Å². The van der Waals surface area contributed by atoms with Gasteiger partial charge in [0.1, 0.15) is 16.8 Å². The number of carbonyl (C=O) groups is 1. The number of ether oxygens (including phenoxy) is 1. The van der Waals surface area contributed by atoms with Gasteiger partial charge in [-0.2, -0.15) is 0 Å². The van der Waals surface area contributed by atoms with E-state index in [0.717, 1.165) is 22.7 Å². The van der Waals surface area contributed by atoms with E-state index in [0.29, 0.717) is 22.5 Å². The smallest absolute Gasteiger partial charge is 0.240 e. The number of hydrogen-bond donors (Lipinski definition) is 2. The standard InChI is InChI=1S/C21H22ClN5O2S/c1-4-29-15-10-8-14(9-11-15)18-19(30-21-25-24-13(3)27(21)26-18)20(28)23-17-7-5-6-16(22)12(17)2/h5-11,18-19,26H,4H2,1-3H3,(H,23,28)/t18-,19-/m0/s1. The summed E-state index contributed by atoms with van der Waals surface area (Å²) < 4.78 is 7.37. The normalized spacial score (nSPS) is 17.7. The van der Waals surface area contributed by atoms with E-state index < -0.39 is 5.25 Å². The summed E-state index contributed by atoms with van der Waals surface area (Å²) in [6.07, 6.45) is 0. The molecule has 7 nitrogen and oxygen atoms in total. The molecule has 1 aliphatic rings. The topological polar surface area (TPSA) is 81.1 Å². The van der Waals surface area contributed by atoms with Crippen LogP contribution in [0.5, 0.6) is 5.75 Å². The van der Waals surface area contributed by atoms with Crippen molar-refractivity contribution in [2.24, 2.45) is 0 Å². The fraction of sp³-hybridized carbons (Fsp3) is 0.286. The lowest BCUT2D eigenvalue weighted by Gasteiger charge is -2.33. The highest BCUT2D eigenvalue weighted by atomic mass is 35.5. The molecule has 0 radical (unpaired) electrons. The molecule has 1 amide bonds. The number of aromatic nitrogens is 3. The third kappa shape index (κ3) is 3.97. The van der Waals surface area contributed by atoms with Crippen molar-refractivity contribution < 1.29 is 9.53 Å². The molecule has 30 heavy (non-hydrogen) atoms. The first-order valence-electron chi connectivity index (χ1n) is 9.62. The Balaban J connectivity index is 1.65. The molecule has 9 heteroatoms. The number of hydrogen-bond acceptors (Lipinski definition) is 6. The lowest BCUT2D eigenvalue weighted by Crippen LogP contribution is -2.41. The van der Waals surface area contributed by atoms with Gasteiger partial charge in [0.15, 0.2) is 0 Å². The zero-order chi connectivity index (χ0) is 21.3. The summed E-state index contributed by atoms with van der Waals surface area (Å²) in [6.45, 7) is 6.30. The molecule has 0 unspecified atom stereocenters. The van der Waals surface area contributed by atoms with E-state index in [4.69, 9.17) is 16.3 Å². The molecule has 0 bridgehead atoms. The highest BCUT2D eigenvalue weighted by molar-refractivity contribution is 8.00. The molecule has 3 aromatic rings. The van der Waals surface area contributed by atoms with Crippen molar-refractivity contribution >= 4 is 35.0 Å². The lowest BCUT2D eigenvalue weighted by molar-refractivity contribution is -0.116. The number of carbonyl (C=O) groups excluding carboxylic acids is 1. The van der Waals surface area contributed by atoms with Crippen LogP contribution in [0.3, 0.4) is 0 Å². The van der Waals surface area contributed by atoms with Gasteiger partial charge in [0, 0.05) is 10.7 Å². The Morgan fingerprint density at radius 1 is 1.23 bits per heavy atom. The van der Waals surface area contributed by atoms with Crippen LogP contribution in [0.25, 0.3) is 0 Å². The second kappa shape index (κ2) is 8.57. The molecular weight excluding hydrogens is 422 g/mol. The maximum atomic E-state index is 13.3. The van der Waals surface area contributed by atoms with E-state index >= 15 is 0 Å². The van der Waals surface area contributed by atoms with Gasteiger partial charge in [-0.15, -0.1) is 10.2 Å². The maximum Gasteiger partial charge on any atom is 0.240 e. The minimum absolute atomic E-state index is 0.136. The number of amides is 1. The van der Waals surface area contributed by atoms with Gasteiger partial charge >= 0.3 is 0 Å². The molecule has 0 aliphatic carbocycles. The van der Waals surface area contributed by atoms with Crippen molar-refractivity contribution in [1.82, 2.24) is 14.9 Å². The predicted octanol–water partition coefficient (Wildman–Crippen LogP) is 4.34. The molecule has 156 valence electrons. The summed E-state index contributed by atoms with van der Waals surface area (Å²) in [5, 5.41) is 12.1. The van der Waals surface area contributed by atoms with Gasteiger partial charge in [-0.1, -0.05) is 41.6 Å². The van der Waals surface area contributed by atoms with Gasteiger partial charge in [0.05, 0.1) is 12.6 Å². The van der Waals surface area contributed by atoms with Crippen LogP contribution in [0.1, 0.15) is 29.9 Å². The fourth-order valence-electron chi connectivity index (χ4n) is 3.30. The van der Waals surface area contributed by atoms with Crippen LogP contribution in [0.15, 0.2) is 47.6 Å². The SMILES string of the molecule is CCOc1ccc([C@@H]2Nn3c(C)nnc3S[C@@H]2C(=O)Nc2cccc(Cl)c2C)cc1.